The summed E-state index contributed by atoms with van der Waals surface area (Å²) in [5, 5.41) is 0. The number of carbonyl (C=O) groups excluding carboxylic acids is 1. The summed E-state index contributed by atoms with van der Waals surface area (Å²) in [5.41, 5.74) is -0.203. The van der Waals surface area contributed by atoms with Gasteiger partial charge in [0.2, 0.25) is 0 Å². The lowest BCUT2D eigenvalue weighted by molar-refractivity contribution is -0.244. The van der Waals surface area contributed by atoms with Gasteiger partial charge in [-0.15, -0.1) is 0 Å². The van der Waals surface area contributed by atoms with Crippen molar-refractivity contribution >= 4 is 5.97 Å². The van der Waals surface area contributed by atoms with Gasteiger partial charge in [-0.3, -0.25) is 4.79 Å². The summed E-state index contributed by atoms with van der Waals surface area (Å²) in [7, 11) is 1.55. The Labute approximate surface area is 151 Å². The SMILES string of the molecule is COC(=O)[C@]12CCC[C@]3(COC1)[C@H]1C[C@H]4OCC[C@H]4[C@H](C)[C@@H]1CC[C@@H]23. The Morgan fingerprint density at radius 2 is 2.00 bits per heavy atom. The van der Waals surface area contributed by atoms with Crippen molar-refractivity contribution in [2.24, 2.45) is 40.4 Å². The third-order valence-electron chi connectivity index (χ3n) is 9.09. The van der Waals surface area contributed by atoms with E-state index in [0.29, 0.717) is 24.5 Å². The molecule has 3 aliphatic carbocycles. The molecular weight excluding hydrogens is 316 g/mol. The molecule has 5 fully saturated rings. The van der Waals surface area contributed by atoms with Crippen LogP contribution in [0.25, 0.3) is 0 Å². The highest BCUT2D eigenvalue weighted by atomic mass is 16.5. The van der Waals surface area contributed by atoms with E-state index in [-0.39, 0.29) is 16.8 Å². The van der Waals surface area contributed by atoms with Gasteiger partial charge in [-0.25, -0.2) is 0 Å². The van der Waals surface area contributed by atoms with Gasteiger partial charge in [0, 0.05) is 12.0 Å². The minimum absolute atomic E-state index is 0.0152. The Morgan fingerprint density at radius 1 is 1.12 bits per heavy atom. The van der Waals surface area contributed by atoms with Gasteiger partial charge < -0.3 is 14.2 Å². The Hall–Kier alpha value is -0.610. The molecule has 0 aromatic carbocycles. The number of hydrogen-bond donors (Lipinski definition) is 0. The van der Waals surface area contributed by atoms with E-state index >= 15 is 0 Å². The van der Waals surface area contributed by atoms with Gasteiger partial charge in [0.1, 0.15) is 0 Å². The minimum Gasteiger partial charge on any atom is -0.469 e. The van der Waals surface area contributed by atoms with Gasteiger partial charge in [-0.05, 0) is 68.1 Å². The molecule has 140 valence electrons. The Kier molecular flexibility index (Phi) is 3.77. The first kappa shape index (κ1) is 16.6. The maximum atomic E-state index is 12.8. The number of fused-ring (bicyclic) bond motifs is 2. The topological polar surface area (TPSA) is 44.8 Å². The van der Waals surface area contributed by atoms with Crippen LogP contribution in [0.15, 0.2) is 0 Å². The molecule has 3 saturated carbocycles. The molecule has 4 heteroatoms. The van der Waals surface area contributed by atoms with Gasteiger partial charge >= 0.3 is 5.97 Å². The molecule has 0 aromatic heterocycles. The smallest absolute Gasteiger partial charge is 0.314 e. The molecule has 0 unspecified atom stereocenters. The number of ether oxygens (including phenoxy) is 3. The average Bonchev–Trinajstić information content (AvgIpc) is 3.09. The average molecular weight is 348 g/mol. The van der Waals surface area contributed by atoms with Crippen molar-refractivity contribution in [3.05, 3.63) is 0 Å². The summed E-state index contributed by atoms with van der Waals surface area (Å²) < 4.78 is 17.6. The highest BCUT2D eigenvalue weighted by Crippen LogP contribution is 2.67. The van der Waals surface area contributed by atoms with Crippen molar-refractivity contribution in [2.45, 2.75) is 58.0 Å². The zero-order valence-corrected chi connectivity index (χ0v) is 15.7. The van der Waals surface area contributed by atoms with Crippen LogP contribution < -0.4 is 0 Å². The van der Waals surface area contributed by atoms with Crippen LogP contribution in [0.1, 0.15) is 51.9 Å². The van der Waals surface area contributed by atoms with E-state index in [0.717, 1.165) is 43.8 Å². The van der Waals surface area contributed by atoms with E-state index in [1.807, 2.05) is 0 Å². The van der Waals surface area contributed by atoms with Gasteiger partial charge in [0.15, 0.2) is 0 Å². The molecule has 2 bridgehead atoms. The monoisotopic (exact) mass is 348 g/mol. The van der Waals surface area contributed by atoms with Gasteiger partial charge in [0.25, 0.3) is 0 Å². The molecule has 5 rings (SSSR count). The molecule has 0 aromatic rings. The standard InChI is InChI=1S/C21H32O4/c1-13-14-4-5-18-20(16(14)10-17-15(13)6-9-25-17)7-3-8-21(18,12-24-11-20)19(22)23-2/h13-18H,3-12H2,1-2H3/t13-,14+,15+,16+,17-,18-,20+,21-/m1/s1. The quantitative estimate of drug-likeness (QED) is 0.681. The molecule has 0 N–H and O–H groups in total. The molecular formula is C21H32O4. The van der Waals surface area contributed by atoms with Crippen LogP contribution in [-0.4, -0.2) is 39.0 Å². The summed E-state index contributed by atoms with van der Waals surface area (Å²) in [6.45, 7) is 4.83. The molecule has 0 amide bonds. The summed E-state index contributed by atoms with van der Waals surface area (Å²) in [6.07, 6.45) is 8.65. The van der Waals surface area contributed by atoms with E-state index in [9.17, 15) is 4.79 Å². The van der Waals surface area contributed by atoms with E-state index in [2.05, 4.69) is 6.92 Å². The van der Waals surface area contributed by atoms with E-state index in [1.165, 1.54) is 32.1 Å². The molecule has 8 atom stereocenters. The van der Waals surface area contributed by atoms with Crippen LogP contribution in [0, 0.1) is 40.4 Å². The number of rotatable bonds is 1. The molecule has 2 saturated heterocycles. The Balaban J connectivity index is 1.54. The molecule has 5 aliphatic rings. The van der Waals surface area contributed by atoms with Crippen molar-refractivity contribution in [1.82, 2.24) is 0 Å². The fraction of sp³-hybridized carbons (Fsp3) is 0.952. The van der Waals surface area contributed by atoms with E-state index in [1.54, 1.807) is 7.11 Å². The van der Waals surface area contributed by atoms with Crippen molar-refractivity contribution in [3.8, 4) is 0 Å². The largest absolute Gasteiger partial charge is 0.469 e. The Bertz CT molecular complexity index is 548. The highest BCUT2D eigenvalue weighted by Gasteiger charge is 2.67. The number of carbonyl (C=O) groups is 1. The second-order valence-electron chi connectivity index (χ2n) is 9.58. The van der Waals surface area contributed by atoms with Gasteiger partial charge in [0.05, 0.1) is 31.8 Å². The van der Waals surface area contributed by atoms with Crippen molar-refractivity contribution in [2.75, 3.05) is 26.9 Å². The zero-order chi connectivity index (χ0) is 17.2. The molecule has 2 aliphatic heterocycles. The lowest BCUT2D eigenvalue weighted by Gasteiger charge is -2.65. The first-order valence-electron chi connectivity index (χ1n) is 10.4. The maximum absolute atomic E-state index is 12.8. The second-order valence-corrected chi connectivity index (χ2v) is 9.58. The first-order valence-corrected chi connectivity index (χ1v) is 10.4. The number of esters is 1. The predicted octanol–water partition coefficient (Wildman–Crippen LogP) is 3.43. The highest BCUT2D eigenvalue weighted by molar-refractivity contribution is 5.78. The van der Waals surface area contributed by atoms with Gasteiger partial charge in [-0.1, -0.05) is 13.3 Å². The summed E-state index contributed by atoms with van der Waals surface area (Å²) in [4.78, 5) is 12.8. The van der Waals surface area contributed by atoms with Gasteiger partial charge in [-0.2, -0.15) is 0 Å². The first-order chi connectivity index (χ1) is 12.1. The van der Waals surface area contributed by atoms with E-state index in [4.69, 9.17) is 14.2 Å². The van der Waals surface area contributed by atoms with Crippen LogP contribution >= 0.6 is 0 Å². The predicted molar refractivity (Wildman–Crippen MR) is 92.9 cm³/mol. The maximum Gasteiger partial charge on any atom is 0.314 e. The van der Waals surface area contributed by atoms with Crippen LogP contribution in [0.5, 0.6) is 0 Å². The van der Waals surface area contributed by atoms with Crippen molar-refractivity contribution in [3.63, 3.8) is 0 Å². The van der Waals surface area contributed by atoms with Crippen molar-refractivity contribution in [1.29, 1.82) is 0 Å². The lowest BCUT2D eigenvalue weighted by Crippen LogP contribution is -2.65. The summed E-state index contributed by atoms with van der Waals surface area (Å²) in [5.74, 6) is 3.38. The fourth-order valence-corrected chi connectivity index (χ4v) is 8.12. The lowest BCUT2D eigenvalue weighted by atomic mass is 9.41. The van der Waals surface area contributed by atoms with Crippen LogP contribution in [0.4, 0.5) is 0 Å². The van der Waals surface area contributed by atoms with Crippen LogP contribution in [0.2, 0.25) is 0 Å². The van der Waals surface area contributed by atoms with E-state index < -0.39 is 0 Å². The third-order valence-corrected chi connectivity index (χ3v) is 9.09. The van der Waals surface area contributed by atoms with Crippen LogP contribution in [0.3, 0.4) is 0 Å². The third kappa shape index (κ3) is 2.04. The minimum atomic E-state index is -0.382. The molecule has 0 radical (unpaired) electrons. The second kappa shape index (κ2) is 5.69. The van der Waals surface area contributed by atoms with Crippen molar-refractivity contribution < 1.29 is 19.0 Å². The molecule has 4 nitrogen and oxygen atoms in total. The molecule has 0 spiro atoms. The summed E-state index contributed by atoms with van der Waals surface area (Å²) in [6, 6.07) is 0. The van der Waals surface area contributed by atoms with Crippen LogP contribution in [-0.2, 0) is 19.0 Å². The molecule has 25 heavy (non-hydrogen) atoms. The Morgan fingerprint density at radius 3 is 2.84 bits per heavy atom. The normalized spacial score (nSPS) is 54.2. The summed E-state index contributed by atoms with van der Waals surface area (Å²) >= 11 is 0. The number of methoxy groups -OCH3 is 1. The molecule has 2 heterocycles. The number of hydrogen-bond acceptors (Lipinski definition) is 4. The fourth-order valence-electron chi connectivity index (χ4n) is 8.12. The zero-order valence-electron chi connectivity index (χ0n) is 15.7.